The van der Waals surface area contributed by atoms with Gasteiger partial charge in [-0.15, -0.1) is 5.10 Å². The van der Waals surface area contributed by atoms with E-state index < -0.39 is 0 Å². The first-order valence-corrected chi connectivity index (χ1v) is 5.21. The Hall–Kier alpha value is -0.900. The van der Waals surface area contributed by atoms with E-state index in [0.717, 1.165) is 30.8 Å². The van der Waals surface area contributed by atoms with Crippen molar-refractivity contribution in [1.82, 2.24) is 15.0 Å². The van der Waals surface area contributed by atoms with Crippen LogP contribution in [-0.4, -0.2) is 20.1 Å². The highest BCUT2D eigenvalue weighted by Gasteiger charge is 2.12. The number of nitrogens with zero attached hydrogens (tertiary/aromatic N) is 3. The second-order valence-corrected chi connectivity index (χ2v) is 3.96. The largest absolute Gasteiger partial charge is 0.390 e. The number of aliphatic hydroxyl groups excluding tert-OH is 1. The maximum Gasteiger partial charge on any atom is 0.111 e. The molecule has 1 heterocycles. The Labute approximate surface area is 84.9 Å². The molecule has 0 amide bonds. The SMILES string of the molecule is CCCn1nnc(CO)c1CC(C)C. The summed E-state index contributed by atoms with van der Waals surface area (Å²) >= 11 is 0. The fourth-order valence-electron chi connectivity index (χ4n) is 1.49. The molecule has 0 radical (unpaired) electrons. The van der Waals surface area contributed by atoms with Gasteiger partial charge in [-0.05, 0) is 18.8 Å². The van der Waals surface area contributed by atoms with Crippen molar-refractivity contribution in [2.24, 2.45) is 5.92 Å². The average molecular weight is 197 g/mol. The normalized spacial score (nSPS) is 11.2. The predicted octanol–water partition coefficient (Wildman–Crippen LogP) is 1.38. The molecule has 0 aliphatic heterocycles. The Bertz CT molecular complexity index is 281. The summed E-state index contributed by atoms with van der Waals surface area (Å²) in [6.07, 6.45) is 1.97. The van der Waals surface area contributed by atoms with E-state index in [1.807, 2.05) is 4.68 Å². The zero-order valence-electron chi connectivity index (χ0n) is 9.19. The molecule has 1 aromatic heterocycles. The van der Waals surface area contributed by atoms with Crippen molar-refractivity contribution in [3.63, 3.8) is 0 Å². The summed E-state index contributed by atoms with van der Waals surface area (Å²) in [7, 11) is 0. The Morgan fingerprint density at radius 3 is 2.64 bits per heavy atom. The molecule has 4 nitrogen and oxygen atoms in total. The van der Waals surface area contributed by atoms with Gasteiger partial charge in [0, 0.05) is 6.54 Å². The smallest absolute Gasteiger partial charge is 0.111 e. The molecule has 0 aliphatic carbocycles. The zero-order chi connectivity index (χ0) is 10.6. The van der Waals surface area contributed by atoms with E-state index in [4.69, 9.17) is 5.11 Å². The molecular weight excluding hydrogens is 178 g/mol. The maximum absolute atomic E-state index is 9.10. The van der Waals surface area contributed by atoms with Crippen LogP contribution in [0.1, 0.15) is 38.6 Å². The van der Waals surface area contributed by atoms with Crippen LogP contribution in [0.25, 0.3) is 0 Å². The molecule has 4 heteroatoms. The number of aliphatic hydroxyl groups is 1. The fraction of sp³-hybridized carbons (Fsp3) is 0.800. The Balaban J connectivity index is 2.87. The molecule has 1 aromatic rings. The van der Waals surface area contributed by atoms with Crippen LogP contribution in [0.4, 0.5) is 0 Å². The molecule has 0 bridgehead atoms. The summed E-state index contributed by atoms with van der Waals surface area (Å²) in [5.41, 5.74) is 1.82. The first kappa shape index (κ1) is 11.2. The molecule has 0 saturated heterocycles. The summed E-state index contributed by atoms with van der Waals surface area (Å²) in [6.45, 7) is 7.30. The quantitative estimate of drug-likeness (QED) is 0.775. The van der Waals surface area contributed by atoms with Crippen molar-refractivity contribution >= 4 is 0 Å². The van der Waals surface area contributed by atoms with Gasteiger partial charge in [0.15, 0.2) is 0 Å². The minimum atomic E-state index is -0.00817. The van der Waals surface area contributed by atoms with E-state index in [2.05, 4.69) is 31.1 Å². The van der Waals surface area contributed by atoms with Crippen LogP contribution in [0, 0.1) is 5.92 Å². The van der Waals surface area contributed by atoms with E-state index in [0.29, 0.717) is 5.92 Å². The average Bonchev–Trinajstić information content (AvgIpc) is 2.48. The Kier molecular flexibility index (Phi) is 4.07. The molecule has 1 N–H and O–H groups in total. The van der Waals surface area contributed by atoms with E-state index in [1.165, 1.54) is 0 Å². The van der Waals surface area contributed by atoms with Crippen molar-refractivity contribution in [3.8, 4) is 0 Å². The molecule has 0 saturated carbocycles. The topological polar surface area (TPSA) is 50.9 Å². The van der Waals surface area contributed by atoms with Crippen LogP contribution in [0.15, 0.2) is 0 Å². The van der Waals surface area contributed by atoms with Gasteiger partial charge in [-0.1, -0.05) is 26.0 Å². The molecule has 0 atom stereocenters. The lowest BCUT2D eigenvalue weighted by Gasteiger charge is -2.08. The van der Waals surface area contributed by atoms with Crippen LogP contribution in [0.3, 0.4) is 0 Å². The van der Waals surface area contributed by atoms with Gasteiger partial charge in [-0.2, -0.15) is 0 Å². The van der Waals surface area contributed by atoms with Crippen LogP contribution >= 0.6 is 0 Å². The lowest BCUT2D eigenvalue weighted by atomic mass is 10.1. The Morgan fingerprint density at radius 2 is 2.14 bits per heavy atom. The lowest BCUT2D eigenvalue weighted by Crippen LogP contribution is -2.08. The van der Waals surface area contributed by atoms with Gasteiger partial charge in [0.2, 0.25) is 0 Å². The van der Waals surface area contributed by atoms with Crippen LogP contribution in [0.2, 0.25) is 0 Å². The van der Waals surface area contributed by atoms with Gasteiger partial charge in [-0.25, -0.2) is 4.68 Å². The fourth-order valence-corrected chi connectivity index (χ4v) is 1.49. The van der Waals surface area contributed by atoms with E-state index >= 15 is 0 Å². The highest BCUT2D eigenvalue weighted by Crippen LogP contribution is 2.12. The van der Waals surface area contributed by atoms with E-state index in [9.17, 15) is 0 Å². The van der Waals surface area contributed by atoms with E-state index in [1.54, 1.807) is 0 Å². The summed E-state index contributed by atoms with van der Waals surface area (Å²) in [5, 5.41) is 17.1. The standard InChI is InChI=1S/C10H19N3O/c1-4-5-13-10(6-8(2)3)9(7-14)11-12-13/h8,14H,4-7H2,1-3H3. The molecule has 80 valence electrons. The summed E-state index contributed by atoms with van der Waals surface area (Å²) in [5.74, 6) is 0.564. The minimum Gasteiger partial charge on any atom is -0.390 e. The molecular formula is C10H19N3O. The summed E-state index contributed by atoms with van der Waals surface area (Å²) < 4.78 is 1.91. The third kappa shape index (κ3) is 2.54. The van der Waals surface area contributed by atoms with Crippen molar-refractivity contribution < 1.29 is 5.11 Å². The van der Waals surface area contributed by atoms with Gasteiger partial charge >= 0.3 is 0 Å². The Morgan fingerprint density at radius 1 is 1.43 bits per heavy atom. The molecule has 1 rings (SSSR count). The molecule has 14 heavy (non-hydrogen) atoms. The number of aromatic nitrogens is 3. The van der Waals surface area contributed by atoms with Gasteiger partial charge in [0.1, 0.15) is 5.69 Å². The summed E-state index contributed by atoms with van der Waals surface area (Å²) in [6, 6.07) is 0. The predicted molar refractivity (Wildman–Crippen MR) is 54.8 cm³/mol. The van der Waals surface area contributed by atoms with Crippen LogP contribution in [-0.2, 0) is 19.6 Å². The maximum atomic E-state index is 9.10. The molecule has 0 aromatic carbocycles. The van der Waals surface area contributed by atoms with Crippen molar-refractivity contribution in [1.29, 1.82) is 0 Å². The number of hydrogen-bond donors (Lipinski definition) is 1. The van der Waals surface area contributed by atoms with Crippen LogP contribution in [0.5, 0.6) is 0 Å². The molecule has 0 unspecified atom stereocenters. The van der Waals surface area contributed by atoms with Gasteiger partial charge in [0.05, 0.1) is 12.3 Å². The van der Waals surface area contributed by atoms with Crippen molar-refractivity contribution in [3.05, 3.63) is 11.4 Å². The third-order valence-corrected chi connectivity index (χ3v) is 2.10. The van der Waals surface area contributed by atoms with Gasteiger partial charge in [-0.3, -0.25) is 0 Å². The highest BCUT2D eigenvalue weighted by atomic mass is 16.3. The molecule has 0 aliphatic rings. The number of rotatable bonds is 5. The van der Waals surface area contributed by atoms with Gasteiger partial charge < -0.3 is 5.11 Å². The van der Waals surface area contributed by atoms with Crippen LogP contribution < -0.4 is 0 Å². The molecule has 0 spiro atoms. The first-order chi connectivity index (χ1) is 6.69. The number of aryl methyl sites for hydroxylation is 1. The zero-order valence-corrected chi connectivity index (χ0v) is 9.19. The first-order valence-electron chi connectivity index (χ1n) is 5.21. The number of hydrogen-bond acceptors (Lipinski definition) is 3. The monoisotopic (exact) mass is 197 g/mol. The second kappa shape index (κ2) is 5.10. The van der Waals surface area contributed by atoms with E-state index in [-0.39, 0.29) is 6.61 Å². The third-order valence-electron chi connectivity index (χ3n) is 2.10. The lowest BCUT2D eigenvalue weighted by molar-refractivity contribution is 0.275. The summed E-state index contributed by atoms with van der Waals surface area (Å²) in [4.78, 5) is 0. The van der Waals surface area contributed by atoms with Crippen molar-refractivity contribution in [2.45, 2.75) is 46.8 Å². The van der Waals surface area contributed by atoms with Crippen molar-refractivity contribution in [2.75, 3.05) is 0 Å². The molecule has 0 fully saturated rings. The minimum absolute atomic E-state index is 0.00817. The van der Waals surface area contributed by atoms with Gasteiger partial charge in [0.25, 0.3) is 0 Å². The highest BCUT2D eigenvalue weighted by molar-refractivity contribution is 5.09. The second-order valence-electron chi connectivity index (χ2n) is 3.96.